The highest BCUT2D eigenvalue weighted by Gasteiger charge is 2.38. The molecule has 5 heteroatoms. The molecule has 15 heavy (non-hydrogen) atoms. The van der Waals surface area contributed by atoms with Crippen molar-refractivity contribution in [3.05, 3.63) is 0 Å². The topological polar surface area (TPSA) is 29.1 Å². The van der Waals surface area contributed by atoms with E-state index in [4.69, 9.17) is 0 Å². The van der Waals surface area contributed by atoms with E-state index in [1.54, 1.807) is 0 Å². The van der Waals surface area contributed by atoms with Gasteiger partial charge in [0.2, 0.25) is 5.91 Å². The van der Waals surface area contributed by atoms with Gasteiger partial charge in [-0.2, -0.15) is 0 Å². The van der Waals surface area contributed by atoms with Crippen LogP contribution in [0.1, 0.15) is 6.92 Å². The van der Waals surface area contributed by atoms with Crippen LogP contribution >= 0.6 is 15.9 Å². The molecular weight excluding hydrogens is 286 g/mol. The van der Waals surface area contributed by atoms with E-state index in [1.165, 1.54) is 0 Å². The Morgan fingerprint density at radius 2 is 1.40 bits per heavy atom. The highest BCUT2D eigenvalue weighted by Crippen LogP contribution is 2.19. The molecule has 0 aromatic rings. The average molecular weight is 310 g/mol. The summed E-state index contributed by atoms with van der Waals surface area (Å²) in [6.45, 7) is 15.8. The predicted octanol–water partition coefficient (Wildman–Crippen LogP) is 3.01. The Labute approximate surface area is 104 Å². The van der Waals surface area contributed by atoms with Gasteiger partial charge in [-0.3, -0.25) is 4.79 Å². The molecule has 0 aromatic heterocycles. The molecule has 1 N–H and O–H groups in total. The van der Waals surface area contributed by atoms with Crippen molar-refractivity contribution in [2.75, 3.05) is 0 Å². The van der Waals surface area contributed by atoms with Crippen LogP contribution in [0.25, 0.3) is 0 Å². The molecule has 0 heterocycles. The van der Waals surface area contributed by atoms with Gasteiger partial charge in [0, 0.05) is 5.29 Å². The van der Waals surface area contributed by atoms with Crippen molar-refractivity contribution in [1.82, 2.24) is 5.32 Å². The number of alkyl halides is 1. The van der Waals surface area contributed by atoms with Crippen LogP contribution in [0.3, 0.4) is 0 Å². The molecule has 1 unspecified atom stereocenters. The Balaban J connectivity index is 4.77. The first-order chi connectivity index (χ1) is 6.46. The first-order valence-corrected chi connectivity index (χ1v) is 13.5. The fourth-order valence-electron chi connectivity index (χ4n) is 1.99. The molecule has 0 saturated heterocycles. The van der Waals surface area contributed by atoms with Gasteiger partial charge >= 0.3 is 0 Å². The summed E-state index contributed by atoms with van der Waals surface area (Å²) in [5.41, 5.74) is 0. The number of carbonyl (C=O) groups is 1. The van der Waals surface area contributed by atoms with Gasteiger partial charge < -0.3 is 5.32 Å². The molecule has 0 aliphatic carbocycles. The summed E-state index contributed by atoms with van der Waals surface area (Å²) in [6.07, 6.45) is 0. The van der Waals surface area contributed by atoms with Crippen molar-refractivity contribution in [3.63, 3.8) is 0 Å². The highest BCUT2D eigenvalue weighted by atomic mass is 79.9. The minimum atomic E-state index is -1.32. The third-order valence-electron chi connectivity index (χ3n) is 2.38. The van der Waals surface area contributed by atoms with Crippen molar-refractivity contribution in [1.29, 1.82) is 0 Å². The molecule has 2 nitrogen and oxygen atoms in total. The van der Waals surface area contributed by atoms with Crippen molar-refractivity contribution in [2.45, 2.75) is 56.3 Å². The van der Waals surface area contributed by atoms with E-state index in [1.807, 2.05) is 6.92 Å². The van der Waals surface area contributed by atoms with E-state index in [0.717, 1.165) is 0 Å². The van der Waals surface area contributed by atoms with Gasteiger partial charge in [0.1, 0.15) is 0 Å². The van der Waals surface area contributed by atoms with Crippen molar-refractivity contribution >= 4 is 38.0 Å². The maximum Gasteiger partial charge on any atom is 0.233 e. The second-order valence-corrected chi connectivity index (χ2v) is 18.9. The molecule has 0 radical (unpaired) electrons. The summed E-state index contributed by atoms with van der Waals surface area (Å²) in [6, 6.07) is 0. The standard InChI is InChI=1S/C10H24BrNOSi2/c1-8(11)9(13)12-10(14(2,3)4)15(5,6)7/h8,10H,1-7H3,(H,12,13). The second-order valence-electron chi connectivity index (χ2n) is 6.29. The predicted molar refractivity (Wildman–Crippen MR) is 77.0 cm³/mol. The molecular formula is C10H24BrNOSi2. The minimum absolute atomic E-state index is 0.0901. The average Bonchev–Trinajstić information content (AvgIpc) is 1.94. The molecule has 0 fully saturated rings. The van der Waals surface area contributed by atoms with E-state index < -0.39 is 16.1 Å². The monoisotopic (exact) mass is 309 g/mol. The Bertz CT molecular complexity index is 217. The van der Waals surface area contributed by atoms with Crippen molar-refractivity contribution in [2.24, 2.45) is 0 Å². The number of carbonyl (C=O) groups excluding carboxylic acids is 1. The second kappa shape index (κ2) is 5.14. The van der Waals surface area contributed by atoms with Crippen LogP contribution in [0.15, 0.2) is 0 Å². The SMILES string of the molecule is CC(Br)C(=O)NC([Si](C)(C)C)[Si](C)(C)C. The Morgan fingerprint density at radius 3 is 1.60 bits per heavy atom. The van der Waals surface area contributed by atoms with Crippen LogP contribution in [0.4, 0.5) is 0 Å². The number of hydrogen-bond donors (Lipinski definition) is 1. The van der Waals surface area contributed by atoms with Crippen LogP contribution in [0, 0.1) is 0 Å². The van der Waals surface area contributed by atoms with Gasteiger partial charge in [-0.05, 0) is 6.92 Å². The fraction of sp³-hybridized carbons (Fsp3) is 0.900. The largest absolute Gasteiger partial charge is 0.358 e. The molecule has 1 atom stereocenters. The van der Waals surface area contributed by atoms with Crippen LogP contribution in [-0.4, -0.2) is 32.2 Å². The summed E-state index contributed by atoms with van der Waals surface area (Å²) in [5, 5.41) is 3.68. The van der Waals surface area contributed by atoms with Gasteiger partial charge in [0.15, 0.2) is 0 Å². The summed E-state index contributed by atoms with van der Waals surface area (Å²) in [5.74, 6) is 0.129. The summed E-state index contributed by atoms with van der Waals surface area (Å²) in [7, 11) is -2.64. The first-order valence-electron chi connectivity index (χ1n) is 5.40. The van der Waals surface area contributed by atoms with E-state index in [2.05, 4.69) is 60.5 Å². The lowest BCUT2D eigenvalue weighted by Gasteiger charge is -2.39. The molecule has 0 spiro atoms. The smallest absolute Gasteiger partial charge is 0.233 e. The third kappa shape index (κ3) is 5.31. The van der Waals surface area contributed by atoms with Crippen molar-refractivity contribution in [3.8, 4) is 0 Å². The summed E-state index contributed by atoms with van der Waals surface area (Å²) in [4.78, 5) is 11.6. The molecule has 1 amide bonds. The Hall–Kier alpha value is 0.384. The quantitative estimate of drug-likeness (QED) is 0.628. The van der Waals surface area contributed by atoms with Crippen LogP contribution in [0.5, 0.6) is 0 Å². The first kappa shape index (κ1) is 15.4. The van der Waals surface area contributed by atoms with Gasteiger partial charge in [-0.15, -0.1) is 0 Å². The molecule has 0 saturated carbocycles. The molecule has 0 rings (SSSR count). The number of halogens is 1. The lowest BCUT2D eigenvalue weighted by Crippen LogP contribution is -2.63. The van der Waals surface area contributed by atoms with Crippen molar-refractivity contribution < 1.29 is 4.79 Å². The summed E-state index contributed by atoms with van der Waals surface area (Å²) >= 11 is 3.32. The summed E-state index contributed by atoms with van der Waals surface area (Å²) < 4.78 is 0. The molecule has 0 aliphatic rings. The minimum Gasteiger partial charge on any atom is -0.358 e. The zero-order chi connectivity index (χ0) is 12.4. The number of hydrogen-bond acceptors (Lipinski definition) is 1. The zero-order valence-corrected chi connectivity index (χ0v) is 14.5. The Kier molecular flexibility index (Phi) is 5.27. The fourth-order valence-corrected chi connectivity index (χ4v) is 13.7. The lowest BCUT2D eigenvalue weighted by molar-refractivity contribution is -0.120. The number of rotatable bonds is 4. The van der Waals surface area contributed by atoms with Crippen LogP contribution in [0.2, 0.25) is 39.3 Å². The Morgan fingerprint density at radius 1 is 1.07 bits per heavy atom. The van der Waals surface area contributed by atoms with Crippen LogP contribution in [-0.2, 0) is 4.79 Å². The molecule has 0 aromatic carbocycles. The van der Waals surface area contributed by atoms with Gasteiger partial charge in [-0.1, -0.05) is 55.2 Å². The van der Waals surface area contributed by atoms with E-state index in [9.17, 15) is 4.79 Å². The van der Waals surface area contributed by atoms with Gasteiger partial charge in [0.25, 0.3) is 0 Å². The van der Waals surface area contributed by atoms with Gasteiger partial charge in [-0.25, -0.2) is 0 Å². The molecule has 0 aliphatic heterocycles. The number of amides is 1. The van der Waals surface area contributed by atoms with E-state index in [0.29, 0.717) is 5.29 Å². The maximum absolute atomic E-state index is 11.7. The van der Waals surface area contributed by atoms with Crippen LogP contribution < -0.4 is 5.32 Å². The lowest BCUT2D eigenvalue weighted by atomic mass is 10.5. The van der Waals surface area contributed by atoms with E-state index >= 15 is 0 Å². The third-order valence-corrected chi connectivity index (χ3v) is 11.7. The normalized spacial score (nSPS) is 15.3. The molecule has 0 bridgehead atoms. The van der Waals surface area contributed by atoms with Gasteiger partial charge in [0.05, 0.1) is 21.0 Å². The highest BCUT2D eigenvalue weighted by molar-refractivity contribution is 9.10. The maximum atomic E-state index is 11.7. The number of nitrogens with one attached hydrogen (secondary N) is 1. The zero-order valence-electron chi connectivity index (χ0n) is 10.9. The molecule has 90 valence electrons. The van der Waals surface area contributed by atoms with E-state index in [-0.39, 0.29) is 10.7 Å².